The highest BCUT2D eigenvalue weighted by molar-refractivity contribution is 5.97. The van der Waals surface area contributed by atoms with Gasteiger partial charge in [-0.05, 0) is 37.1 Å². The Morgan fingerprint density at radius 2 is 1.58 bits per heavy atom. The van der Waals surface area contributed by atoms with Gasteiger partial charge in [-0.3, -0.25) is 9.59 Å². The van der Waals surface area contributed by atoms with Crippen LogP contribution in [0.15, 0.2) is 24.3 Å². The number of hydrogen-bond acceptors (Lipinski definition) is 3. The summed E-state index contributed by atoms with van der Waals surface area (Å²) in [5.74, 6) is -0.461. The van der Waals surface area contributed by atoms with Crippen molar-refractivity contribution < 1.29 is 14.3 Å². The summed E-state index contributed by atoms with van der Waals surface area (Å²) in [5.41, 5.74) is 6.20. The van der Waals surface area contributed by atoms with Gasteiger partial charge in [0, 0.05) is 11.1 Å². The number of primary amides is 1. The number of nitrogens with two attached hydrogens (primary N) is 1. The van der Waals surface area contributed by atoms with E-state index in [9.17, 15) is 9.59 Å². The number of benzene rings is 1. The van der Waals surface area contributed by atoms with Crippen molar-refractivity contribution in [1.82, 2.24) is 4.90 Å². The summed E-state index contributed by atoms with van der Waals surface area (Å²) in [4.78, 5) is 25.4. The second-order valence-corrected chi connectivity index (χ2v) is 5.08. The molecule has 2 saturated heterocycles. The maximum atomic E-state index is 12.5. The highest BCUT2D eigenvalue weighted by atomic mass is 16.5. The molecule has 2 unspecified atom stereocenters. The maximum absolute atomic E-state index is 12.5. The molecule has 1 aromatic rings. The van der Waals surface area contributed by atoms with E-state index in [0.717, 1.165) is 12.8 Å². The Balaban J connectivity index is 1.82. The fraction of sp³-hybridized carbons (Fsp3) is 0.429. The largest absolute Gasteiger partial charge is 0.377 e. The van der Waals surface area contributed by atoms with E-state index in [1.807, 2.05) is 4.90 Å². The van der Waals surface area contributed by atoms with Crippen LogP contribution in [0.5, 0.6) is 0 Å². The second-order valence-electron chi connectivity index (χ2n) is 5.08. The lowest BCUT2D eigenvalue weighted by atomic mass is 10.1. The number of carbonyl (C=O) groups is 2. The average molecular weight is 260 g/mol. The topological polar surface area (TPSA) is 72.6 Å². The predicted octanol–water partition coefficient (Wildman–Crippen LogP) is 0.789. The molecule has 2 atom stereocenters. The summed E-state index contributed by atoms with van der Waals surface area (Å²) in [5, 5.41) is 0. The number of hydrogen-bond donors (Lipinski definition) is 1. The minimum absolute atomic E-state index is 0.0202. The molecule has 2 amide bonds. The van der Waals surface area contributed by atoms with Gasteiger partial charge in [-0.15, -0.1) is 0 Å². The Bertz CT molecular complexity index is 496. The molecule has 2 N–H and O–H groups in total. The van der Waals surface area contributed by atoms with E-state index in [0.29, 0.717) is 24.3 Å². The van der Waals surface area contributed by atoms with Gasteiger partial charge < -0.3 is 15.4 Å². The van der Waals surface area contributed by atoms with Gasteiger partial charge in [0.1, 0.15) is 0 Å². The van der Waals surface area contributed by atoms with E-state index < -0.39 is 5.91 Å². The van der Waals surface area contributed by atoms with Crippen molar-refractivity contribution >= 4 is 11.8 Å². The molecule has 0 aromatic heterocycles. The van der Waals surface area contributed by atoms with Gasteiger partial charge in [0.25, 0.3) is 5.91 Å². The Kier molecular flexibility index (Phi) is 2.98. The SMILES string of the molecule is NC(=O)c1ccc(C(=O)N2C3CCC2COC3)cc1. The second kappa shape index (κ2) is 4.66. The third kappa shape index (κ3) is 2.10. The summed E-state index contributed by atoms with van der Waals surface area (Å²) in [6, 6.07) is 6.91. The van der Waals surface area contributed by atoms with Crippen LogP contribution in [0.3, 0.4) is 0 Å². The lowest BCUT2D eigenvalue weighted by molar-refractivity contribution is -0.00716. The quantitative estimate of drug-likeness (QED) is 0.854. The van der Waals surface area contributed by atoms with Crippen molar-refractivity contribution in [3.05, 3.63) is 35.4 Å². The van der Waals surface area contributed by atoms with Crippen LogP contribution in [-0.4, -0.2) is 42.0 Å². The van der Waals surface area contributed by atoms with Gasteiger partial charge in [0.2, 0.25) is 5.91 Å². The first-order valence-corrected chi connectivity index (χ1v) is 6.47. The molecule has 2 aliphatic rings. The molecule has 5 heteroatoms. The molecular formula is C14H16N2O3. The first-order valence-electron chi connectivity index (χ1n) is 6.47. The van der Waals surface area contributed by atoms with Crippen molar-refractivity contribution in [2.24, 2.45) is 5.73 Å². The summed E-state index contributed by atoms with van der Waals surface area (Å²) >= 11 is 0. The number of rotatable bonds is 2. The molecule has 2 bridgehead atoms. The van der Waals surface area contributed by atoms with Crippen molar-refractivity contribution in [3.8, 4) is 0 Å². The minimum Gasteiger partial charge on any atom is -0.377 e. The third-order valence-corrected chi connectivity index (χ3v) is 3.89. The standard InChI is InChI=1S/C14H16N2O3/c15-13(17)9-1-3-10(4-2-9)14(18)16-11-5-6-12(16)8-19-7-11/h1-4,11-12H,5-8H2,(H2,15,17). The molecule has 2 heterocycles. The van der Waals surface area contributed by atoms with Crippen LogP contribution < -0.4 is 5.73 Å². The van der Waals surface area contributed by atoms with E-state index in [1.165, 1.54) is 0 Å². The van der Waals surface area contributed by atoms with Crippen molar-refractivity contribution in [3.63, 3.8) is 0 Å². The molecule has 19 heavy (non-hydrogen) atoms. The van der Waals surface area contributed by atoms with Crippen LogP contribution in [0.4, 0.5) is 0 Å². The summed E-state index contributed by atoms with van der Waals surface area (Å²) < 4.78 is 5.47. The smallest absolute Gasteiger partial charge is 0.254 e. The summed E-state index contributed by atoms with van der Waals surface area (Å²) in [6.07, 6.45) is 2.02. The van der Waals surface area contributed by atoms with E-state index in [1.54, 1.807) is 24.3 Å². The van der Waals surface area contributed by atoms with Crippen molar-refractivity contribution in [1.29, 1.82) is 0 Å². The van der Waals surface area contributed by atoms with Gasteiger partial charge in [0.05, 0.1) is 25.3 Å². The number of nitrogens with zero attached hydrogens (tertiary/aromatic N) is 1. The van der Waals surface area contributed by atoms with Crippen LogP contribution in [0.25, 0.3) is 0 Å². The van der Waals surface area contributed by atoms with E-state index in [4.69, 9.17) is 10.5 Å². The van der Waals surface area contributed by atoms with E-state index in [2.05, 4.69) is 0 Å². The Morgan fingerprint density at radius 1 is 1.05 bits per heavy atom. The van der Waals surface area contributed by atoms with Gasteiger partial charge in [-0.1, -0.05) is 0 Å². The van der Waals surface area contributed by atoms with Crippen LogP contribution >= 0.6 is 0 Å². The van der Waals surface area contributed by atoms with Crippen molar-refractivity contribution in [2.75, 3.05) is 13.2 Å². The number of amides is 2. The summed E-state index contributed by atoms with van der Waals surface area (Å²) in [6.45, 7) is 1.25. The molecule has 3 rings (SSSR count). The number of morpholine rings is 1. The Morgan fingerprint density at radius 3 is 2.11 bits per heavy atom. The molecule has 1 aromatic carbocycles. The zero-order valence-electron chi connectivity index (χ0n) is 10.5. The molecule has 0 aliphatic carbocycles. The monoisotopic (exact) mass is 260 g/mol. The number of fused-ring (bicyclic) bond motifs is 2. The summed E-state index contributed by atoms with van der Waals surface area (Å²) in [7, 11) is 0. The van der Waals surface area contributed by atoms with Gasteiger partial charge in [-0.2, -0.15) is 0 Å². The van der Waals surface area contributed by atoms with E-state index >= 15 is 0 Å². The fourth-order valence-corrected chi connectivity index (χ4v) is 2.89. The zero-order chi connectivity index (χ0) is 13.4. The molecule has 0 radical (unpaired) electrons. The van der Waals surface area contributed by atoms with E-state index in [-0.39, 0.29) is 18.0 Å². The molecule has 2 fully saturated rings. The highest BCUT2D eigenvalue weighted by Gasteiger charge is 2.40. The zero-order valence-corrected chi connectivity index (χ0v) is 10.5. The predicted molar refractivity (Wildman–Crippen MR) is 68.8 cm³/mol. The third-order valence-electron chi connectivity index (χ3n) is 3.89. The van der Waals surface area contributed by atoms with Gasteiger partial charge in [0.15, 0.2) is 0 Å². The molecule has 100 valence electrons. The van der Waals surface area contributed by atoms with Crippen LogP contribution in [0.1, 0.15) is 33.6 Å². The lowest BCUT2D eigenvalue weighted by Gasteiger charge is -2.34. The Labute approximate surface area is 111 Å². The number of carbonyl (C=O) groups excluding carboxylic acids is 2. The van der Waals surface area contributed by atoms with Gasteiger partial charge >= 0.3 is 0 Å². The van der Waals surface area contributed by atoms with Gasteiger partial charge in [-0.25, -0.2) is 0 Å². The highest BCUT2D eigenvalue weighted by Crippen LogP contribution is 2.30. The van der Waals surface area contributed by atoms with Crippen LogP contribution in [-0.2, 0) is 4.74 Å². The Hall–Kier alpha value is -1.88. The fourth-order valence-electron chi connectivity index (χ4n) is 2.89. The van der Waals surface area contributed by atoms with Crippen molar-refractivity contribution in [2.45, 2.75) is 24.9 Å². The maximum Gasteiger partial charge on any atom is 0.254 e. The molecular weight excluding hydrogens is 244 g/mol. The van der Waals surface area contributed by atoms with Crippen LogP contribution in [0, 0.1) is 0 Å². The lowest BCUT2D eigenvalue weighted by Crippen LogP contribution is -2.49. The molecule has 0 saturated carbocycles. The number of ether oxygens (including phenoxy) is 1. The minimum atomic E-state index is -0.481. The molecule has 0 spiro atoms. The molecule has 2 aliphatic heterocycles. The first-order chi connectivity index (χ1) is 9.16. The molecule has 5 nitrogen and oxygen atoms in total. The first kappa shape index (κ1) is 12.2. The van der Waals surface area contributed by atoms with Crippen LogP contribution in [0.2, 0.25) is 0 Å². The average Bonchev–Trinajstić information content (AvgIpc) is 2.67. The normalized spacial score (nSPS) is 25.4.